The van der Waals surface area contributed by atoms with E-state index in [2.05, 4.69) is 20.1 Å². The van der Waals surface area contributed by atoms with Crippen molar-refractivity contribution in [2.75, 3.05) is 5.75 Å². The van der Waals surface area contributed by atoms with Crippen molar-refractivity contribution in [1.29, 1.82) is 0 Å². The van der Waals surface area contributed by atoms with Gasteiger partial charge in [0.25, 0.3) is 11.5 Å². The molecule has 0 saturated heterocycles. The highest BCUT2D eigenvalue weighted by atomic mass is 32.2. The van der Waals surface area contributed by atoms with Crippen LogP contribution in [0.1, 0.15) is 38.4 Å². The highest BCUT2D eigenvalue weighted by molar-refractivity contribution is 7.91. The number of hydrogen-bond donors (Lipinski definition) is 0. The van der Waals surface area contributed by atoms with Crippen LogP contribution in [0.15, 0.2) is 40.5 Å². The Balaban J connectivity index is 1.83. The van der Waals surface area contributed by atoms with Crippen LogP contribution < -0.4 is 5.56 Å². The van der Waals surface area contributed by atoms with E-state index >= 15 is 0 Å². The molecule has 0 unspecified atom stereocenters. The number of aryl methyl sites for hydroxylation is 1. The van der Waals surface area contributed by atoms with Crippen LogP contribution in [0.3, 0.4) is 0 Å². The fourth-order valence-corrected chi connectivity index (χ4v) is 5.02. The average Bonchev–Trinajstić information content (AvgIpc) is 3.35. The molecule has 4 aromatic rings. The van der Waals surface area contributed by atoms with Crippen molar-refractivity contribution in [3.63, 3.8) is 0 Å². The molecule has 13 heteroatoms. The lowest BCUT2D eigenvalue weighted by Gasteiger charge is -2.17. The molecular formula is C21H21F2N7O3S. The second-order valence-corrected chi connectivity index (χ2v) is 10.6. The second-order valence-electron chi connectivity index (χ2n) is 8.31. The summed E-state index contributed by atoms with van der Waals surface area (Å²) in [5, 5.41) is 4.02. The summed E-state index contributed by atoms with van der Waals surface area (Å²) in [5.41, 5.74) is -0.866. The van der Waals surface area contributed by atoms with Crippen molar-refractivity contribution in [2.45, 2.75) is 43.5 Å². The molecule has 0 N–H and O–H groups in total. The number of rotatable bonds is 6. The first kappa shape index (κ1) is 22.3. The zero-order valence-electron chi connectivity index (χ0n) is 18.6. The van der Waals surface area contributed by atoms with E-state index in [0.717, 1.165) is 11.5 Å². The summed E-state index contributed by atoms with van der Waals surface area (Å²) in [4.78, 5) is 26.0. The van der Waals surface area contributed by atoms with Gasteiger partial charge in [0.1, 0.15) is 23.9 Å². The Morgan fingerprint density at radius 3 is 2.53 bits per heavy atom. The van der Waals surface area contributed by atoms with Crippen molar-refractivity contribution in [2.24, 2.45) is 7.05 Å². The number of fused-ring (bicyclic) bond motifs is 1. The van der Waals surface area contributed by atoms with Gasteiger partial charge in [-0.05, 0) is 31.0 Å². The average molecular weight is 490 g/mol. The van der Waals surface area contributed by atoms with Crippen LogP contribution in [-0.4, -0.2) is 48.0 Å². The van der Waals surface area contributed by atoms with Gasteiger partial charge in [-0.15, -0.1) is 0 Å². The quantitative estimate of drug-likeness (QED) is 0.409. The van der Waals surface area contributed by atoms with Gasteiger partial charge in [0.2, 0.25) is 0 Å². The maximum absolute atomic E-state index is 14.4. The summed E-state index contributed by atoms with van der Waals surface area (Å²) in [5.74, 6) is -3.09. The normalized spacial score (nSPS) is 14.7. The van der Waals surface area contributed by atoms with Crippen molar-refractivity contribution in [3.05, 3.63) is 46.9 Å². The van der Waals surface area contributed by atoms with Gasteiger partial charge < -0.3 is 9.13 Å². The van der Waals surface area contributed by atoms with E-state index in [1.165, 1.54) is 47.0 Å². The van der Waals surface area contributed by atoms with Crippen LogP contribution in [-0.2, 0) is 22.8 Å². The number of hydrogen-bond acceptors (Lipinski definition) is 7. The maximum Gasteiger partial charge on any atom is 0.285 e. The van der Waals surface area contributed by atoms with E-state index in [9.17, 15) is 22.0 Å². The predicted octanol–water partition coefficient (Wildman–Crippen LogP) is 2.62. The summed E-state index contributed by atoms with van der Waals surface area (Å²) in [7, 11) is -2.19. The Morgan fingerprint density at radius 1 is 1.21 bits per heavy atom. The van der Waals surface area contributed by atoms with Gasteiger partial charge in [-0.2, -0.15) is 5.10 Å². The molecule has 0 bridgehead atoms. The molecule has 5 rings (SSSR count). The van der Waals surface area contributed by atoms with Crippen molar-refractivity contribution in [1.82, 2.24) is 33.9 Å². The van der Waals surface area contributed by atoms with Crippen LogP contribution in [0.25, 0.3) is 28.4 Å². The Hall–Kier alpha value is -3.48. The van der Waals surface area contributed by atoms with Gasteiger partial charge in [-0.1, -0.05) is 6.92 Å². The molecule has 1 fully saturated rings. The predicted molar refractivity (Wildman–Crippen MR) is 119 cm³/mol. The molecule has 1 saturated carbocycles. The largest absolute Gasteiger partial charge is 0.321 e. The zero-order valence-corrected chi connectivity index (χ0v) is 19.4. The van der Waals surface area contributed by atoms with Crippen LogP contribution in [0.2, 0.25) is 0 Å². The topological polar surface area (TPSA) is 118 Å². The minimum absolute atomic E-state index is 0.00395. The monoisotopic (exact) mass is 489 g/mol. The molecule has 1 aliphatic carbocycles. The van der Waals surface area contributed by atoms with Gasteiger partial charge in [0.15, 0.2) is 21.5 Å². The number of halogens is 2. The molecule has 34 heavy (non-hydrogen) atoms. The third-order valence-corrected chi connectivity index (χ3v) is 7.62. The molecule has 0 radical (unpaired) electrons. The summed E-state index contributed by atoms with van der Waals surface area (Å²) in [6.07, 6.45) is 3.98. The van der Waals surface area contributed by atoms with E-state index in [1.54, 1.807) is 7.05 Å². The summed E-state index contributed by atoms with van der Waals surface area (Å²) in [6.45, 7) is 2.24. The molecule has 10 nitrogen and oxygen atoms in total. The third-order valence-electron chi connectivity index (χ3n) is 5.86. The minimum atomic E-state index is -3.73. The summed E-state index contributed by atoms with van der Waals surface area (Å²) >= 11 is 0. The number of pyridine rings is 2. The van der Waals surface area contributed by atoms with Gasteiger partial charge in [-0.25, -0.2) is 36.8 Å². The first-order chi connectivity index (χ1) is 16.0. The first-order valence-corrected chi connectivity index (χ1v) is 12.3. The standard InChI is InChI=1S/C21H21F2N7O3S/c1-4-34(32,33)14-7-8-16(29-11-24-10-25-29)27-17(14)19-26-13-9-15(21(2,22)23)30(12-5-6-12)20(31)18(13)28(19)3/h7-12H,4-6H2,1-3H3. The lowest BCUT2D eigenvalue weighted by atomic mass is 10.2. The molecule has 0 atom stereocenters. The highest BCUT2D eigenvalue weighted by Gasteiger charge is 2.37. The SMILES string of the molecule is CCS(=O)(=O)c1ccc(-n2cncn2)nc1-c1nc2cc(C(C)(F)F)n(C3CC3)c(=O)c2n1C. The number of nitrogens with zero attached hydrogens (tertiary/aromatic N) is 7. The van der Waals surface area contributed by atoms with E-state index in [4.69, 9.17) is 0 Å². The van der Waals surface area contributed by atoms with Crippen molar-refractivity contribution in [3.8, 4) is 17.3 Å². The van der Waals surface area contributed by atoms with Gasteiger partial charge in [0, 0.05) is 20.0 Å². The lowest BCUT2D eigenvalue weighted by Crippen LogP contribution is -2.28. The summed E-state index contributed by atoms with van der Waals surface area (Å²) < 4.78 is 58.4. The molecule has 4 aromatic heterocycles. The van der Waals surface area contributed by atoms with Gasteiger partial charge in [-0.3, -0.25) is 4.79 Å². The van der Waals surface area contributed by atoms with E-state index < -0.39 is 27.0 Å². The molecule has 178 valence electrons. The number of sulfone groups is 1. The number of alkyl halides is 2. The second kappa shape index (κ2) is 7.52. The highest BCUT2D eigenvalue weighted by Crippen LogP contribution is 2.39. The molecule has 0 amide bonds. The molecule has 0 spiro atoms. The van der Waals surface area contributed by atoms with Crippen molar-refractivity contribution >= 4 is 20.9 Å². The third kappa shape index (κ3) is 3.50. The Bertz CT molecular complexity index is 1580. The molecule has 1 aliphatic rings. The Morgan fingerprint density at radius 2 is 1.94 bits per heavy atom. The van der Waals surface area contributed by atoms with Gasteiger partial charge >= 0.3 is 0 Å². The van der Waals surface area contributed by atoms with Gasteiger partial charge in [0.05, 0.1) is 21.9 Å². The van der Waals surface area contributed by atoms with Crippen LogP contribution in [0.5, 0.6) is 0 Å². The molecule has 0 aliphatic heterocycles. The van der Waals surface area contributed by atoms with E-state index in [0.29, 0.717) is 12.8 Å². The van der Waals surface area contributed by atoms with E-state index in [-0.39, 0.29) is 45.1 Å². The fraction of sp³-hybridized carbons (Fsp3) is 0.381. The Kier molecular flexibility index (Phi) is 4.93. The van der Waals surface area contributed by atoms with Crippen LogP contribution >= 0.6 is 0 Å². The van der Waals surface area contributed by atoms with E-state index in [1.807, 2.05) is 0 Å². The van der Waals surface area contributed by atoms with Crippen LogP contribution in [0, 0.1) is 0 Å². The Labute approximate surface area is 192 Å². The zero-order chi connectivity index (χ0) is 24.4. The molecular weight excluding hydrogens is 468 g/mol. The number of aromatic nitrogens is 7. The molecule has 0 aromatic carbocycles. The van der Waals surface area contributed by atoms with Crippen molar-refractivity contribution < 1.29 is 17.2 Å². The van der Waals surface area contributed by atoms with Crippen LogP contribution in [0.4, 0.5) is 8.78 Å². The fourth-order valence-electron chi connectivity index (χ4n) is 4.00. The lowest BCUT2D eigenvalue weighted by molar-refractivity contribution is 0.00797. The molecule has 4 heterocycles. The maximum atomic E-state index is 14.4. The smallest absolute Gasteiger partial charge is 0.285 e. The first-order valence-electron chi connectivity index (χ1n) is 10.6. The summed E-state index contributed by atoms with van der Waals surface area (Å²) in [6, 6.07) is 3.79. The minimum Gasteiger partial charge on any atom is -0.321 e. The number of imidazole rings is 1.